The lowest BCUT2D eigenvalue weighted by Gasteiger charge is -2.18. The van der Waals surface area contributed by atoms with E-state index in [-0.39, 0.29) is 0 Å². The first-order chi connectivity index (χ1) is 4.77. The second-order valence-electron chi connectivity index (χ2n) is 3.55. The van der Waals surface area contributed by atoms with Crippen molar-refractivity contribution in [1.29, 1.82) is 0 Å². The minimum absolute atomic E-state index is 0.355. The molecule has 0 saturated heterocycles. The lowest BCUT2D eigenvalue weighted by atomic mass is 9.85. The summed E-state index contributed by atoms with van der Waals surface area (Å²) in [6.07, 6.45) is 4.52. The number of ketones is 1. The van der Waals surface area contributed by atoms with Crippen LogP contribution in [-0.4, -0.2) is 5.78 Å². The van der Waals surface area contributed by atoms with Crippen molar-refractivity contribution in [1.82, 2.24) is 0 Å². The number of hydrogen-bond acceptors (Lipinski definition) is 1. The van der Waals surface area contributed by atoms with Gasteiger partial charge in [0, 0.05) is 5.92 Å². The third-order valence-corrected chi connectivity index (χ3v) is 2.80. The van der Waals surface area contributed by atoms with E-state index in [1.165, 1.54) is 6.42 Å². The summed E-state index contributed by atoms with van der Waals surface area (Å²) in [6, 6.07) is 0. The Balaban J connectivity index is 2.24. The highest BCUT2D eigenvalue weighted by Gasteiger charge is 2.36. The van der Waals surface area contributed by atoms with Crippen molar-refractivity contribution in [2.75, 3.05) is 0 Å². The van der Waals surface area contributed by atoms with Crippen LogP contribution in [0.2, 0.25) is 0 Å². The molecule has 0 N–H and O–H groups in total. The Hall–Kier alpha value is -0.590. The van der Waals surface area contributed by atoms with Gasteiger partial charge < -0.3 is 0 Å². The number of Topliss-reactive ketones (excluding diaryl/α,β-unsaturated/α-hetero) is 1. The molecule has 2 saturated carbocycles. The fourth-order valence-electron chi connectivity index (χ4n) is 2.24. The van der Waals surface area contributed by atoms with E-state index >= 15 is 0 Å². The van der Waals surface area contributed by atoms with Gasteiger partial charge in [0.15, 0.2) is 5.78 Å². The molecule has 0 aromatic heterocycles. The molecule has 1 nitrogen and oxygen atoms in total. The van der Waals surface area contributed by atoms with Crippen LogP contribution in [0.25, 0.3) is 0 Å². The van der Waals surface area contributed by atoms with Crippen LogP contribution in [0.15, 0.2) is 12.2 Å². The van der Waals surface area contributed by atoms with Crippen LogP contribution in [-0.2, 0) is 4.79 Å². The van der Waals surface area contributed by atoms with E-state index in [1.54, 1.807) is 0 Å². The predicted molar refractivity (Wildman–Crippen MR) is 39.6 cm³/mol. The molecule has 0 spiro atoms. The molecule has 0 heterocycles. The van der Waals surface area contributed by atoms with Gasteiger partial charge in [-0.05, 0) is 37.2 Å². The van der Waals surface area contributed by atoms with Crippen LogP contribution in [0.5, 0.6) is 0 Å². The molecule has 10 heavy (non-hydrogen) atoms. The molecule has 2 atom stereocenters. The quantitative estimate of drug-likeness (QED) is 0.465. The smallest absolute Gasteiger partial charge is 0.161 e. The topological polar surface area (TPSA) is 17.1 Å². The second kappa shape index (κ2) is 1.94. The Bertz CT molecular complexity index is 193. The van der Waals surface area contributed by atoms with Crippen LogP contribution in [0.4, 0.5) is 0 Å². The first kappa shape index (κ1) is 6.14. The number of carbonyl (C=O) groups is 1. The van der Waals surface area contributed by atoms with Gasteiger partial charge in [-0.25, -0.2) is 0 Å². The standard InChI is InChI=1S/C9H12O/c1-6-4-7-2-3-8(5-7)9(6)10/h7-8H,1-5H2. The summed E-state index contributed by atoms with van der Waals surface area (Å²) in [5.74, 6) is 1.52. The lowest BCUT2D eigenvalue weighted by molar-refractivity contribution is -0.119. The molecule has 0 radical (unpaired) electrons. The molecular formula is C9H12O. The molecule has 2 unspecified atom stereocenters. The molecule has 2 aliphatic rings. The number of allylic oxidation sites excluding steroid dienone is 1. The fourth-order valence-corrected chi connectivity index (χ4v) is 2.24. The Morgan fingerprint density at radius 3 is 3.00 bits per heavy atom. The molecular weight excluding hydrogens is 124 g/mol. The van der Waals surface area contributed by atoms with Gasteiger partial charge in [-0.2, -0.15) is 0 Å². The molecule has 1 heteroatoms. The van der Waals surface area contributed by atoms with E-state index in [0.717, 1.165) is 30.8 Å². The molecule has 0 amide bonds. The molecule has 54 valence electrons. The van der Waals surface area contributed by atoms with Gasteiger partial charge in [0.25, 0.3) is 0 Å². The van der Waals surface area contributed by atoms with Gasteiger partial charge in [-0.3, -0.25) is 4.79 Å². The Labute approximate surface area is 61.1 Å². The summed E-state index contributed by atoms with van der Waals surface area (Å²) in [6.45, 7) is 3.79. The van der Waals surface area contributed by atoms with Crippen molar-refractivity contribution in [3.05, 3.63) is 12.2 Å². The van der Waals surface area contributed by atoms with Crippen LogP contribution >= 0.6 is 0 Å². The Morgan fingerprint density at radius 2 is 2.20 bits per heavy atom. The summed E-state index contributed by atoms with van der Waals surface area (Å²) in [7, 11) is 0. The van der Waals surface area contributed by atoms with E-state index in [1.807, 2.05) is 0 Å². The van der Waals surface area contributed by atoms with Crippen molar-refractivity contribution in [2.24, 2.45) is 11.8 Å². The number of rotatable bonds is 0. The summed E-state index contributed by atoms with van der Waals surface area (Å²) in [5, 5.41) is 0. The van der Waals surface area contributed by atoms with Gasteiger partial charge in [0.2, 0.25) is 0 Å². The average Bonchev–Trinajstić information content (AvgIpc) is 2.29. The van der Waals surface area contributed by atoms with Gasteiger partial charge in [-0.15, -0.1) is 0 Å². The van der Waals surface area contributed by atoms with E-state index in [4.69, 9.17) is 0 Å². The second-order valence-corrected chi connectivity index (χ2v) is 3.55. The van der Waals surface area contributed by atoms with E-state index in [0.29, 0.717) is 11.7 Å². The molecule has 2 rings (SSSR count). The summed E-state index contributed by atoms with van der Waals surface area (Å²) >= 11 is 0. The van der Waals surface area contributed by atoms with Crippen molar-refractivity contribution < 1.29 is 4.79 Å². The summed E-state index contributed by atoms with van der Waals surface area (Å²) < 4.78 is 0. The Kier molecular flexibility index (Phi) is 1.19. The molecule has 0 aromatic rings. The highest BCUT2D eigenvalue weighted by atomic mass is 16.1. The van der Waals surface area contributed by atoms with Crippen molar-refractivity contribution >= 4 is 5.78 Å². The van der Waals surface area contributed by atoms with Gasteiger partial charge in [0.05, 0.1) is 0 Å². The average molecular weight is 136 g/mol. The molecule has 0 aliphatic heterocycles. The van der Waals surface area contributed by atoms with Gasteiger partial charge >= 0.3 is 0 Å². The monoisotopic (exact) mass is 136 g/mol. The van der Waals surface area contributed by atoms with Crippen LogP contribution in [0.3, 0.4) is 0 Å². The number of hydrogen-bond donors (Lipinski definition) is 0. The maximum atomic E-state index is 11.3. The lowest BCUT2D eigenvalue weighted by Crippen LogP contribution is -2.19. The molecule has 2 fully saturated rings. The largest absolute Gasteiger partial charge is 0.294 e. The molecule has 0 aromatic carbocycles. The minimum Gasteiger partial charge on any atom is -0.294 e. The zero-order valence-electron chi connectivity index (χ0n) is 6.10. The Morgan fingerprint density at radius 1 is 1.40 bits per heavy atom. The van der Waals surface area contributed by atoms with E-state index in [2.05, 4.69) is 6.58 Å². The van der Waals surface area contributed by atoms with Crippen molar-refractivity contribution in [3.63, 3.8) is 0 Å². The minimum atomic E-state index is 0.355. The third kappa shape index (κ3) is 0.731. The molecule has 2 bridgehead atoms. The van der Waals surface area contributed by atoms with Crippen molar-refractivity contribution in [2.45, 2.75) is 25.7 Å². The predicted octanol–water partition coefficient (Wildman–Crippen LogP) is 1.93. The highest BCUT2D eigenvalue weighted by molar-refractivity contribution is 5.97. The van der Waals surface area contributed by atoms with Gasteiger partial charge in [0.1, 0.15) is 0 Å². The molecule has 2 aliphatic carbocycles. The normalized spacial score (nSPS) is 38.8. The maximum Gasteiger partial charge on any atom is 0.161 e. The SMILES string of the molecule is C=C1CC2CCC(C2)C1=O. The number of fused-ring (bicyclic) bond motifs is 2. The van der Waals surface area contributed by atoms with E-state index in [9.17, 15) is 4.79 Å². The zero-order chi connectivity index (χ0) is 7.14. The highest BCUT2D eigenvalue weighted by Crippen LogP contribution is 2.41. The zero-order valence-corrected chi connectivity index (χ0v) is 6.10. The number of carbonyl (C=O) groups excluding carboxylic acids is 1. The fraction of sp³-hybridized carbons (Fsp3) is 0.667. The van der Waals surface area contributed by atoms with Crippen LogP contribution in [0, 0.1) is 11.8 Å². The van der Waals surface area contributed by atoms with Crippen LogP contribution < -0.4 is 0 Å². The van der Waals surface area contributed by atoms with E-state index < -0.39 is 0 Å². The third-order valence-electron chi connectivity index (χ3n) is 2.80. The van der Waals surface area contributed by atoms with Gasteiger partial charge in [-0.1, -0.05) is 6.58 Å². The maximum absolute atomic E-state index is 11.3. The van der Waals surface area contributed by atoms with Crippen molar-refractivity contribution in [3.8, 4) is 0 Å². The van der Waals surface area contributed by atoms with Crippen LogP contribution in [0.1, 0.15) is 25.7 Å². The summed E-state index contributed by atoms with van der Waals surface area (Å²) in [4.78, 5) is 11.3. The first-order valence-corrected chi connectivity index (χ1v) is 3.99. The summed E-state index contributed by atoms with van der Waals surface area (Å²) in [5.41, 5.74) is 0.888. The first-order valence-electron chi connectivity index (χ1n) is 3.99.